The van der Waals surface area contributed by atoms with Gasteiger partial charge in [0.15, 0.2) is 38.8 Å². The molecule has 12 aromatic rings. The van der Waals surface area contributed by atoms with E-state index in [2.05, 4.69) is 99.3 Å². The highest BCUT2D eigenvalue weighted by Crippen LogP contribution is 2.26. The largest absolute Gasteiger partial charge is 0.343 e. The van der Waals surface area contributed by atoms with Gasteiger partial charge in [0, 0.05) is 149 Å². The summed E-state index contributed by atoms with van der Waals surface area (Å²) in [6, 6.07) is 44.6. The highest BCUT2D eigenvalue weighted by atomic mass is 35.5. The Morgan fingerprint density at radius 3 is 0.920 bits per heavy atom. The fraction of sp³-hybridized carbons (Fsp3) is 0.223. The molecule has 0 radical (unpaired) electrons. The van der Waals surface area contributed by atoms with Crippen LogP contribution >= 0.6 is 46.4 Å². The zero-order valence-electron chi connectivity index (χ0n) is 75.1. The topological polar surface area (TPSA) is 518 Å². The van der Waals surface area contributed by atoms with Crippen LogP contribution in [0, 0.1) is 0 Å². The van der Waals surface area contributed by atoms with E-state index in [1.165, 1.54) is 107 Å². The Hall–Kier alpha value is -15.8. The van der Waals surface area contributed by atoms with E-state index < -0.39 is 69.3 Å². The fourth-order valence-electron chi connectivity index (χ4n) is 13.2. The third-order valence-corrected chi connectivity index (χ3v) is 22.8. The number of benzene rings is 8. The maximum Gasteiger partial charge on any atom is 0.244 e. The Bertz CT molecular complexity index is 6410. The number of nitrogens with zero attached hydrogens (tertiary/aromatic N) is 17. The number of halogens is 4. The SMILES string of the molecule is CC(=O)Nc1ccc(CC(=O)[C@H](C)NC(=O)/C=C/c2cc(Cl)ccc2-n2cnnn2)cc1.CC(=O)Nc1ccc(CC(=O)[C@H](C)NC(=O)/C=C/c2cc(Cl)ccc2-n2cnnn2)cc1.CC(=O)c1ccc(CC(=O)[C@H](CC(=O)N2CCS(=O)(=O)CC2)NC(=O)/C=C/c2cc(Cl)ccc2-n2cnnn2)cc1.CC[C@H](NC(=O)/C=C/c1cc(Cl)ccc1-n1cnnn1)C(=O)Cc1ccc(NC(C)=O)cc1. The predicted octanol–water partition coefficient (Wildman–Crippen LogP) is 9.68. The van der Waals surface area contributed by atoms with Gasteiger partial charge in [0.05, 0.1) is 64.8 Å². The second-order valence-corrected chi connectivity index (χ2v) is 34.9. The number of hydrogen-bond donors (Lipinski definition) is 7. The lowest BCUT2D eigenvalue weighted by molar-refractivity contribution is -0.135. The van der Waals surface area contributed by atoms with Crippen molar-refractivity contribution in [3.8, 4) is 22.7 Å². The zero-order chi connectivity index (χ0) is 99.5. The molecular formula is C94H92Cl4N24O15S. The summed E-state index contributed by atoms with van der Waals surface area (Å²) in [5.41, 5.74) is 10.4. The number of ketones is 5. The molecule has 712 valence electrons. The summed E-state index contributed by atoms with van der Waals surface area (Å²) in [4.78, 5) is 160. The molecule has 4 atom stereocenters. The lowest BCUT2D eigenvalue weighted by atomic mass is 9.99. The molecule has 0 spiro atoms. The van der Waals surface area contributed by atoms with Crippen LogP contribution in [0.5, 0.6) is 0 Å². The monoisotopic (exact) mass is 1970 g/mol. The number of sulfone groups is 1. The van der Waals surface area contributed by atoms with Crippen molar-refractivity contribution in [3.63, 3.8) is 0 Å². The van der Waals surface area contributed by atoms with E-state index in [0.717, 1.165) is 16.7 Å². The number of rotatable bonds is 35. The van der Waals surface area contributed by atoms with E-state index in [1.807, 2.05) is 6.92 Å². The number of carbonyl (C=O) groups is 13. The average molecular weight is 1970 g/mol. The van der Waals surface area contributed by atoms with E-state index >= 15 is 0 Å². The minimum atomic E-state index is -3.21. The minimum absolute atomic E-state index is 0.0249. The molecule has 39 nitrogen and oxygen atoms in total. The summed E-state index contributed by atoms with van der Waals surface area (Å²) in [6.07, 6.45) is 17.6. The normalized spacial score (nSPS) is 12.9. The molecule has 0 aliphatic carbocycles. The summed E-state index contributed by atoms with van der Waals surface area (Å²) >= 11 is 24.4. The Morgan fingerprint density at radius 1 is 0.370 bits per heavy atom. The van der Waals surface area contributed by atoms with Crippen molar-refractivity contribution < 1.29 is 70.7 Å². The number of amides is 8. The number of carbonyl (C=O) groups excluding carboxylic acids is 13. The molecule has 138 heavy (non-hydrogen) atoms. The Labute approximate surface area is 810 Å². The number of tetrazole rings is 4. The second kappa shape index (κ2) is 51.1. The average Bonchev–Trinajstić information content (AvgIpc) is 1.86. The number of aromatic nitrogens is 16. The molecule has 0 unspecified atom stereocenters. The number of Topliss-reactive ketones (excluding diaryl/α,β-unsaturated/α-hetero) is 5. The maximum atomic E-state index is 13.3. The first-order valence-corrected chi connectivity index (χ1v) is 45.7. The highest BCUT2D eigenvalue weighted by Gasteiger charge is 2.31. The van der Waals surface area contributed by atoms with Gasteiger partial charge in [0.25, 0.3) is 0 Å². The molecule has 44 heteroatoms. The van der Waals surface area contributed by atoms with Gasteiger partial charge in [-0.05, 0) is 225 Å². The molecule has 0 saturated carbocycles. The molecule has 1 aliphatic heterocycles. The lowest BCUT2D eigenvalue weighted by Gasteiger charge is -2.28. The van der Waals surface area contributed by atoms with E-state index in [0.29, 0.717) is 99.7 Å². The van der Waals surface area contributed by atoms with Gasteiger partial charge in [-0.1, -0.05) is 114 Å². The van der Waals surface area contributed by atoms with Crippen LogP contribution in [0.25, 0.3) is 47.1 Å². The first-order valence-electron chi connectivity index (χ1n) is 42.3. The molecule has 0 bridgehead atoms. The molecule has 1 saturated heterocycles. The summed E-state index contributed by atoms with van der Waals surface area (Å²) in [6.45, 7) is 10.9. The number of anilines is 3. The maximum absolute atomic E-state index is 13.3. The molecule has 1 fully saturated rings. The number of nitrogens with one attached hydrogen (secondary N) is 7. The van der Waals surface area contributed by atoms with Crippen molar-refractivity contribution in [2.45, 2.75) is 111 Å². The van der Waals surface area contributed by atoms with E-state index in [4.69, 9.17) is 46.4 Å². The molecule has 1 aliphatic rings. The van der Waals surface area contributed by atoms with Crippen LogP contribution in [0.3, 0.4) is 0 Å². The Kier molecular flexibility index (Phi) is 38.6. The molecule has 8 amide bonds. The van der Waals surface area contributed by atoms with Gasteiger partial charge in [-0.25, -0.2) is 8.42 Å². The van der Waals surface area contributed by atoms with Crippen LogP contribution in [0.2, 0.25) is 20.1 Å². The van der Waals surface area contributed by atoms with Crippen molar-refractivity contribution in [3.05, 3.63) is 290 Å². The van der Waals surface area contributed by atoms with E-state index in [-0.39, 0.29) is 97.6 Å². The number of hydrogen-bond acceptors (Lipinski definition) is 27. The van der Waals surface area contributed by atoms with Crippen LogP contribution in [-0.4, -0.2) is 219 Å². The molecule has 7 N–H and O–H groups in total. The molecule has 8 aromatic carbocycles. The summed E-state index contributed by atoms with van der Waals surface area (Å²) in [7, 11) is -3.21. The van der Waals surface area contributed by atoms with Crippen molar-refractivity contribution in [1.29, 1.82) is 0 Å². The summed E-state index contributed by atoms with van der Waals surface area (Å²) < 4.78 is 29.3. The first-order chi connectivity index (χ1) is 66.0. The molecular weight excluding hydrogens is 1880 g/mol. The smallest absolute Gasteiger partial charge is 0.244 e. The highest BCUT2D eigenvalue weighted by molar-refractivity contribution is 7.91. The second-order valence-electron chi connectivity index (χ2n) is 30.9. The van der Waals surface area contributed by atoms with Gasteiger partial charge in [-0.15, -0.1) is 20.4 Å². The lowest BCUT2D eigenvalue weighted by Crippen LogP contribution is -2.48. The van der Waals surface area contributed by atoms with Crippen molar-refractivity contribution in [1.82, 2.24) is 107 Å². The van der Waals surface area contributed by atoms with E-state index in [1.54, 1.807) is 202 Å². The van der Waals surface area contributed by atoms with Crippen molar-refractivity contribution in [2.75, 3.05) is 40.5 Å². The van der Waals surface area contributed by atoms with Crippen LogP contribution in [0.4, 0.5) is 17.1 Å². The third-order valence-electron chi connectivity index (χ3n) is 20.3. The summed E-state index contributed by atoms with van der Waals surface area (Å²) in [5.74, 6) is -4.05. The van der Waals surface area contributed by atoms with Gasteiger partial charge < -0.3 is 42.1 Å². The third kappa shape index (κ3) is 33.4. The van der Waals surface area contributed by atoms with Gasteiger partial charge in [0.2, 0.25) is 47.3 Å². The Morgan fingerprint density at radius 2 is 0.645 bits per heavy atom. The summed E-state index contributed by atoms with van der Waals surface area (Å²) in [5, 5.41) is 64.9. The van der Waals surface area contributed by atoms with Gasteiger partial charge in [-0.2, -0.15) is 18.7 Å². The van der Waals surface area contributed by atoms with Gasteiger partial charge >= 0.3 is 0 Å². The molecule has 5 heterocycles. The minimum Gasteiger partial charge on any atom is -0.343 e. The van der Waals surface area contributed by atoms with Crippen LogP contribution < -0.4 is 37.2 Å². The van der Waals surface area contributed by atoms with Gasteiger partial charge in [-0.3, -0.25) is 62.3 Å². The van der Waals surface area contributed by atoms with Crippen LogP contribution in [-0.2, 0) is 93.1 Å². The zero-order valence-corrected chi connectivity index (χ0v) is 79.0. The molecule has 13 rings (SSSR count). The standard InChI is InChI=1S/C27H27ClN6O6S.C23H23ClN6O3.2C22H21ClN6O3/c1-18(35)20-4-2-19(3-5-20)14-25(36)23(16-27(38)33-10-12-41(39,40)13-11-33)30-26(37)9-6-21-15-22(28)7-8-24(21)34-17-29-31-32-34;1-3-20(22(32)12-16-4-8-19(9-5-16)26-15(2)31)27-23(33)11-6-17-13-18(24)7-10-21(17)30-14-25-28-29-30;2*1-14(21(31)11-16-3-7-19(8-4-16)26-15(2)30)25-22(32)10-5-17-12-18(23)6-9-20(17)29-13-24-27-28-29/h2-9,15,17,23H,10-14,16H2,1H3,(H,30,37);4-11,13-14,20H,3,12H2,1-2H3,(H,26,31)(H,27,33);2*3-10,12-14H,11H2,1-2H3,(H,25,32)(H,26,30)/b9-6+;11-6+;2*10-5+/t23-;20-;2*14-/m0000/s1. The quantitative estimate of drug-likeness (QED) is 0.0143. The molecule has 4 aromatic heterocycles. The van der Waals surface area contributed by atoms with Crippen molar-refractivity contribution in [2.24, 2.45) is 0 Å². The fourth-order valence-corrected chi connectivity index (χ4v) is 15.1. The van der Waals surface area contributed by atoms with Gasteiger partial charge in [0.1, 0.15) is 25.3 Å². The van der Waals surface area contributed by atoms with Crippen LogP contribution in [0.1, 0.15) is 116 Å². The first kappa shape index (κ1) is 104. The van der Waals surface area contributed by atoms with Crippen LogP contribution in [0.15, 0.2) is 219 Å². The Balaban J connectivity index is 0.000000191. The van der Waals surface area contributed by atoms with Crippen molar-refractivity contribution >= 4 is 174 Å². The van der Waals surface area contributed by atoms with E-state index in [9.17, 15) is 70.7 Å². The predicted molar refractivity (Wildman–Crippen MR) is 516 cm³/mol.